The van der Waals surface area contributed by atoms with Gasteiger partial charge in [0.15, 0.2) is 0 Å². The summed E-state index contributed by atoms with van der Waals surface area (Å²) in [7, 11) is 0. The maximum atomic E-state index is 12.6. The predicted octanol–water partition coefficient (Wildman–Crippen LogP) is 1.91. The molecule has 22 heavy (non-hydrogen) atoms. The maximum absolute atomic E-state index is 12.6. The number of carbonyl (C=O) groups excluding carboxylic acids is 1. The molecule has 1 aromatic carbocycles. The van der Waals surface area contributed by atoms with E-state index < -0.39 is 5.41 Å². The van der Waals surface area contributed by atoms with Crippen LogP contribution in [-0.4, -0.2) is 31.7 Å². The monoisotopic (exact) mass is 324 g/mol. The molecule has 3 N–H and O–H groups in total. The number of hydrogen-bond donors (Lipinski definition) is 2. The van der Waals surface area contributed by atoms with Gasteiger partial charge in [-0.1, -0.05) is 30.3 Å². The number of benzene rings is 1. The Labute approximate surface area is 138 Å². The minimum absolute atomic E-state index is 0. The van der Waals surface area contributed by atoms with Crippen LogP contribution in [0.1, 0.15) is 24.8 Å². The molecule has 1 amide bonds. The number of nitrogens with one attached hydrogen (secondary N) is 1. The number of halogens is 1. The van der Waals surface area contributed by atoms with E-state index in [1.807, 2.05) is 6.07 Å². The second-order valence-electron chi connectivity index (χ2n) is 6.36. The van der Waals surface area contributed by atoms with Gasteiger partial charge in [-0.05, 0) is 37.2 Å². The van der Waals surface area contributed by atoms with Gasteiger partial charge in [-0.2, -0.15) is 0 Å². The Hall–Kier alpha value is -1.10. The molecule has 1 aliphatic carbocycles. The fourth-order valence-corrected chi connectivity index (χ4v) is 3.17. The molecule has 2 aliphatic rings. The van der Waals surface area contributed by atoms with Crippen molar-refractivity contribution in [3.05, 3.63) is 35.9 Å². The van der Waals surface area contributed by atoms with Gasteiger partial charge in [0.1, 0.15) is 0 Å². The molecule has 1 aromatic rings. The molecule has 5 heteroatoms. The first-order valence-electron chi connectivity index (χ1n) is 7.86. The van der Waals surface area contributed by atoms with E-state index in [4.69, 9.17) is 10.5 Å². The Balaban J connectivity index is 0.00000176. The van der Waals surface area contributed by atoms with Gasteiger partial charge >= 0.3 is 0 Å². The van der Waals surface area contributed by atoms with Crippen LogP contribution in [-0.2, 0) is 16.0 Å². The summed E-state index contributed by atoms with van der Waals surface area (Å²) in [6, 6.07) is 10.8. The smallest absolute Gasteiger partial charge is 0.227 e. The fraction of sp³-hybridized carbons (Fsp3) is 0.588. The lowest BCUT2D eigenvalue weighted by Gasteiger charge is -2.34. The van der Waals surface area contributed by atoms with Gasteiger partial charge in [0.05, 0.1) is 5.41 Å². The summed E-state index contributed by atoms with van der Waals surface area (Å²) in [5, 5.41) is 3.21. The topological polar surface area (TPSA) is 64.4 Å². The van der Waals surface area contributed by atoms with E-state index in [-0.39, 0.29) is 18.3 Å². The molecule has 3 rings (SSSR count). The van der Waals surface area contributed by atoms with E-state index >= 15 is 0 Å². The average molecular weight is 325 g/mol. The highest BCUT2D eigenvalue weighted by Crippen LogP contribution is 2.36. The van der Waals surface area contributed by atoms with Crippen LogP contribution in [0, 0.1) is 11.3 Å². The van der Waals surface area contributed by atoms with E-state index in [1.54, 1.807) is 0 Å². The second kappa shape index (κ2) is 7.44. The van der Waals surface area contributed by atoms with Crippen LogP contribution < -0.4 is 11.1 Å². The third kappa shape index (κ3) is 3.80. The second-order valence-corrected chi connectivity index (χ2v) is 6.36. The first-order chi connectivity index (χ1) is 10.2. The normalized spacial score (nSPS) is 25.9. The highest BCUT2D eigenvalue weighted by atomic mass is 35.5. The molecule has 2 atom stereocenters. The molecule has 1 saturated heterocycles. The summed E-state index contributed by atoms with van der Waals surface area (Å²) < 4.78 is 5.36. The first kappa shape index (κ1) is 17.3. The zero-order valence-corrected chi connectivity index (χ0v) is 13.6. The molecule has 0 bridgehead atoms. The average Bonchev–Trinajstić information content (AvgIpc) is 3.26. The molecule has 122 valence electrons. The molecule has 1 saturated carbocycles. The first-order valence-corrected chi connectivity index (χ1v) is 7.86. The predicted molar refractivity (Wildman–Crippen MR) is 89.0 cm³/mol. The molecular weight excluding hydrogens is 300 g/mol. The molecule has 2 unspecified atom stereocenters. The van der Waals surface area contributed by atoms with Gasteiger partial charge < -0.3 is 15.8 Å². The van der Waals surface area contributed by atoms with Gasteiger partial charge in [0, 0.05) is 25.8 Å². The number of ether oxygens (including phenoxy) is 1. The van der Waals surface area contributed by atoms with Crippen molar-refractivity contribution in [2.24, 2.45) is 17.1 Å². The van der Waals surface area contributed by atoms with Crippen LogP contribution in [0.25, 0.3) is 0 Å². The van der Waals surface area contributed by atoms with E-state index in [0.29, 0.717) is 31.7 Å². The molecule has 0 radical (unpaired) electrons. The van der Waals surface area contributed by atoms with Gasteiger partial charge in [0.2, 0.25) is 5.91 Å². The van der Waals surface area contributed by atoms with Crippen molar-refractivity contribution in [3.63, 3.8) is 0 Å². The molecular formula is C17H25ClN2O2. The van der Waals surface area contributed by atoms with Gasteiger partial charge in [-0.15, -0.1) is 12.4 Å². The lowest BCUT2D eigenvalue weighted by molar-refractivity contribution is -0.136. The summed E-state index contributed by atoms with van der Waals surface area (Å²) in [5.41, 5.74) is 6.82. The SMILES string of the molecule is Cl.NCC1(C(=O)NC2CC2Cc2ccccc2)CCOCC1. The van der Waals surface area contributed by atoms with Crippen LogP contribution in [0.3, 0.4) is 0 Å². The zero-order valence-electron chi connectivity index (χ0n) is 12.8. The number of amides is 1. The zero-order chi connectivity index (χ0) is 14.7. The summed E-state index contributed by atoms with van der Waals surface area (Å²) in [4.78, 5) is 12.6. The Morgan fingerprint density at radius 3 is 2.59 bits per heavy atom. The van der Waals surface area contributed by atoms with Crippen molar-refractivity contribution < 1.29 is 9.53 Å². The van der Waals surface area contributed by atoms with Crippen molar-refractivity contribution in [2.75, 3.05) is 19.8 Å². The van der Waals surface area contributed by atoms with E-state index in [9.17, 15) is 4.79 Å². The fourth-order valence-electron chi connectivity index (χ4n) is 3.17. The van der Waals surface area contributed by atoms with Gasteiger partial charge in [0.25, 0.3) is 0 Å². The van der Waals surface area contributed by atoms with E-state index in [0.717, 1.165) is 25.7 Å². The number of rotatable bonds is 5. The largest absolute Gasteiger partial charge is 0.381 e. The lowest BCUT2D eigenvalue weighted by atomic mass is 9.79. The number of nitrogens with two attached hydrogens (primary N) is 1. The van der Waals surface area contributed by atoms with Crippen LogP contribution in [0.5, 0.6) is 0 Å². The Morgan fingerprint density at radius 1 is 1.27 bits per heavy atom. The van der Waals surface area contributed by atoms with Crippen LogP contribution in [0.2, 0.25) is 0 Å². The highest BCUT2D eigenvalue weighted by Gasteiger charge is 2.44. The number of carbonyl (C=O) groups is 1. The number of hydrogen-bond acceptors (Lipinski definition) is 3. The molecule has 2 fully saturated rings. The third-order valence-corrected chi connectivity index (χ3v) is 4.90. The lowest BCUT2D eigenvalue weighted by Crippen LogP contribution is -2.50. The van der Waals surface area contributed by atoms with Crippen LogP contribution >= 0.6 is 12.4 Å². The molecule has 0 aromatic heterocycles. The third-order valence-electron chi connectivity index (χ3n) is 4.90. The highest BCUT2D eigenvalue weighted by molar-refractivity contribution is 5.85. The molecule has 4 nitrogen and oxygen atoms in total. The van der Waals surface area contributed by atoms with Crippen molar-refractivity contribution in [3.8, 4) is 0 Å². The Bertz CT molecular complexity index is 489. The summed E-state index contributed by atoms with van der Waals surface area (Å²) in [6.45, 7) is 1.70. The van der Waals surface area contributed by atoms with E-state index in [2.05, 4.69) is 29.6 Å². The standard InChI is InChI=1S/C17H24N2O2.ClH/c18-12-17(6-8-21-9-7-17)16(20)19-15-11-14(15)10-13-4-2-1-3-5-13;/h1-5,14-15H,6-12,18H2,(H,19,20);1H. The van der Waals surface area contributed by atoms with Crippen molar-refractivity contribution in [1.29, 1.82) is 0 Å². The van der Waals surface area contributed by atoms with E-state index in [1.165, 1.54) is 5.56 Å². The van der Waals surface area contributed by atoms with Gasteiger partial charge in [-0.3, -0.25) is 4.79 Å². The Kier molecular flexibility index (Phi) is 5.84. The summed E-state index contributed by atoms with van der Waals surface area (Å²) in [6.07, 6.45) is 3.61. The van der Waals surface area contributed by atoms with Crippen LogP contribution in [0.4, 0.5) is 0 Å². The van der Waals surface area contributed by atoms with Crippen molar-refractivity contribution in [2.45, 2.75) is 31.7 Å². The Morgan fingerprint density at radius 2 is 1.95 bits per heavy atom. The summed E-state index contributed by atoms with van der Waals surface area (Å²) >= 11 is 0. The minimum atomic E-state index is -0.405. The van der Waals surface area contributed by atoms with Crippen molar-refractivity contribution in [1.82, 2.24) is 5.32 Å². The maximum Gasteiger partial charge on any atom is 0.227 e. The molecule has 1 heterocycles. The van der Waals surface area contributed by atoms with Crippen LogP contribution in [0.15, 0.2) is 30.3 Å². The quantitative estimate of drug-likeness (QED) is 0.869. The molecule has 1 aliphatic heterocycles. The van der Waals surface area contributed by atoms with Crippen molar-refractivity contribution >= 4 is 18.3 Å². The molecule has 0 spiro atoms. The van der Waals surface area contributed by atoms with Gasteiger partial charge in [-0.25, -0.2) is 0 Å². The minimum Gasteiger partial charge on any atom is -0.381 e. The summed E-state index contributed by atoms with van der Waals surface area (Å²) in [5.74, 6) is 0.708.